The first-order valence-corrected chi connectivity index (χ1v) is 6.65. The van der Waals surface area contributed by atoms with Gasteiger partial charge < -0.3 is 27.0 Å². The zero-order valence-electron chi connectivity index (χ0n) is 10.4. The number of amides is 1. The summed E-state index contributed by atoms with van der Waals surface area (Å²) in [4.78, 5) is 12.9. The first-order chi connectivity index (χ1) is 8.16. The fourth-order valence-corrected chi connectivity index (χ4v) is 2.43. The van der Waals surface area contributed by atoms with Gasteiger partial charge in [0.25, 0.3) is 11.1 Å². The largest absolute Gasteiger partial charge is 1.00 e. The summed E-state index contributed by atoms with van der Waals surface area (Å²) >= 11 is 1.29. The normalized spacial score (nSPS) is 18.4. The summed E-state index contributed by atoms with van der Waals surface area (Å²) in [5.74, 6) is 1.06. The van der Waals surface area contributed by atoms with Crippen molar-refractivity contribution < 1.29 is 26.9 Å². The van der Waals surface area contributed by atoms with E-state index in [0.29, 0.717) is 22.9 Å². The highest BCUT2D eigenvalue weighted by molar-refractivity contribution is 7.99. The molecule has 102 valence electrons. The molecule has 1 amide bonds. The number of hydrogen-bond donors (Lipinski definition) is 1. The molecular weight excluding hydrogens is 276 g/mol. The van der Waals surface area contributed by atoms with Crippen LogP contribution in [0.3, 0.4) is 0 Å². The van der Waals surface area contributed by atoms with Gasteiger partial charge in [0.15, 0.2) is 6.04 Å². The van der Waals surface area contributed by atoms with E-state index < -0.39 is 0 Å². The Balaban J connectivity index is 0.00000162. The molecule has 2 rings (SSSR count). The third-order valence-electron chi connectivity index (χ3n) is 2.73. The van der Waals surface area contributed by atoms with Gasteiger partial charge in [-0.05, 0) is 0 Å². The van der Waals surface area contributed by atoms with E-state index in [2.05, 4.69) is 15.5 Å². The lowest BCUT2D eigenvalue weighted by Gasteiger charge is -2.07. The number of nitrogens with two attached hydrogens (primary N) is 1. The number of carbonyl (C=O) groups excluding carboxylic acids is 1. The molecule has 1 aromatic rings. The second-order valence-electron chi connectivity index (χ2n) is 4.26. The van der Waals surface area contributed by atoms with Crippen LogP contribution in [0.25, 0.3) is 0 Å². The molecule has 0 unspecified atom stereocenters. The van der Waals surface area contributed by atoms with Crippen molar-refractivity contribution in [3.63, 3.8) is 0 Å². The number of rotatable bonds is 4. The highest BCUT2D eigenvalue weighted by Crippen LogP contribution is 2.21. The smallest absolute Gasteiger partial charge is 0.277 e. The van der Waals surface area contributed by atoms with Crippen LogP contribution in [0.4, 0.5) is 0 Å². The van der Waals surface area contributed by atoms with E-state index in [-0.39, 0.29) is 18.3 Å². The Morgan fingerprint density at radius 3 is 2.94 bits per heavy atom. The quantitative estimate of drug-likeness (QED) is 0.587. The lowest BCUT2D eigenvalue weighted by molar-refractivity contribution is -0.678. The average Bonchev–Trinajstić information content (AvgIpc) is 2.95. The van der Waals surface area contributed by atoms with Crippen molar-refractivity contribution in [3.05, 3.63) is 5.89 Å². The number of thioether (sulfide) groups is 1. The number of quaternary nitrogens is 1. The highest BCUT2D eigenvalue weighted by Gasteiger charge is 2.26. The van der Waals surface area contributed by atoms with Gasteiger partial charge in [0.2, 0.25) is 5.91 Å². The Morgan fingerprint density at radius 1 is 1.56 bits per heavy atom. The Labute approximate surface area is 116 Å². The van der Waals surface area contributed by atoms with Crippen LogP contribution in [0, 0.1) is 0 Å². The minimum absolute atomic E-state index is 0. The summed E-state index contributed by atoms with van der Waals surface area (Å²) in [6.45, 7) is 1.12. The Kier molecular flexibility index (Phi) is 5.90. The Hall–Kier alpha value is -0.790. The number of nitrogens with zero attached hydrogens (tertiary/aromatic N) is 3. The van der Waals surface area contributed by atoms with Gasteiger partial charge in [-0.25, -0.2) is 0 Å². The number of aromatic nitrogens is 2. The van der Waals surface area contributed by atoms with E-state index in [4.69, 9.17) is 4.42 Å². The van der Waals surface area contributed by atoms with Gasteiger partial charge >= 0.3 is 0 Å². The number of halogens is 1. The van der Waals surface area contributed by atoms with E-state index in [1.807, 2.05) is 0 Å². The maximum Gasteiger partial charge on any atom is 0.277 e. The van der Waals surface area contributed by atoms with Gasteiger partial charge in [-0.2, -0.15) is 0 Å². The molecule has 18 heavy (non-hydrogen) atoms. The van der Waals surface area contributed by atoms with Crippen molar-refractivity contribution in [1.29, 1.82) is 0 Å². The molecule has 2 N–H and O–H groups in total. The lowest BCUT2D eigenvalue weighted by atomic mass is 10.2. The average molecular weight is 293 g/mol. The third kappa shape index (κ3) is 3.86. The monoisotopic (exact) mass is 292 g/mol. The fraction of sp³-hybridized carbons (Fsp3) is 0.700. The van der Waals surface area contributed by atoms with Gasteiger partial charge in [0.05, 0.1) is 12.3 Å². The molecule has 0 saturated carbocycles. The number of hydrogen-bond acceptors (Lipinski definition) is 5. The van der Waals surface area contributed by atoms with Crippen molar-refractivity contribution in [2.75, 3.05) is 26.4 Å². The molecule has 0 aromatic carbocycles. The standard InChI is InChI=1S/C10H16N4O2S.ClH/c1-14(2)8(15)6-17-10-13-12-9(16-10)7-4-3-5-11-7;/h7,11H,3-6H2,1-2H3;1H/t7-;/m0./s1. The Morgan fingerprint density at radius 2 is 2.33 bits per heavy atom. The molecule has 0 bridgehead atoms. The van der Waals surface area contributed by atoms with Crippen LogP contribution in [0.5, 0.6) is 0 Å². The molecule has 1 aliphatic rings. The summed E-state index contributed by atoms with van der Waals surface area (Å²) in [5.41, 5.74) is 0. The zero-order chi connectivity index (χ0) is 12.3. The molecule has 0 aliphatic carbocycles. The third-order valence-corrected chi connectivity index (χ3v) is 3.53. The highest BCUT2D eigenvalue weighted by atomic mass is 35.5. The summed E-state index contributed by atoms with van der Waals surface area (Å²) in [6, 6.07) is 0.307. The molecular formula is C10H17ClN4O2S. The fourth-order valence-electron chi connectivity index (χ4n) is 1.68. The van der Waals surface area contributed by atoms with E-state index >= 15 is 0 Å². The van der Waals surface area contributed by atoms with Crippen molar-refractivity contribution in [2.24, 2.45) is 0 Å². The summed E-state index contributed by atoms with van der Waals surface area (Å²) in [6.07, 6.45) is 2.28. The van der Waals surface area contributed by atoms with Crippen LogP contribution in [0.2, 0.25) is 0 Å². The van der Waals surface area contributed by atoms with Crippen LogP contribution in [-0.4, -0.2) is 47.4 Å². The van der Waals surface area contributed by atoms with Gasteiger partial charge in [0, 0.05) is 26.9 Å². The van der Waals surface area contributed by atoms with Crippen LogP contribution < -0.4 is 17.7 Å². The van der Waals surface area contributed by atoms with Crippen molar-refractivity contribution in [3.8, 4) is 0 Å². The molecule has 1 saturated heterocycles. The first-order valence-electron chi connectivity index (χ1n) is 5.66. The van der Waals surface area contributed by atoms with Crippen molar-refractivity contribution in [2.45, 2.75) is 24.1 Å². The summed E-state index contributed by atoms with van der Waals surface area (Å²) in [7, 11) is 3.46. The van der Waals surface area contributed by atoms with E-state index in [9.17, 15) is 4.79 Å². The molecule has 1 fully saturated rings. The maximum atomic E-state index is 11.4. The van der Waals surface area contributed by atoms with Crippen molar-refractivity contribution in [1.82, 2.24) is 15.1 Å². The molecule has 6 nitrogen and oxygen atoms in total. The SMILES string of the molecule is CN(C)C(=O)CSc1nnc([C@@H]2CCC[NH2+]2)o1.[Cl-]. The van der Waals surface area contributed by atoms with Gasteiger partial charge in [-0.15, -0.1) is 10.2 Å². The van der Waals surface area contributed by atoms with E-state index in [1.54, 1.807) is 19.0 Å². The molecule has 1 aromatic heterocycles. The van der Waals surface area contributed by atoms with Crippen molar-refractivity contribution >= 4 is 17.7 Å². The van der Waals surface area contributed by atoms with Gasteiger partial charge in [0.1, 0.15) is 0 Å². The van der Waals surface area contributed by atoms with Crippen LogP contribution >= 0.6 is 11.8 Å². The maximum absolute atomic E-state index is 11.4. The minimum atomic E-state index is 0. The van der Waals surface area contributed by atoms with Crippen LogP contribution in [-0.2, 0) is 4.79 Å². The van der Waals surface area contributed by atoms with Gasteiger partial charge in [-0.3, -0.25) is 4.79 Å². The predicted octanol–water partition coefficient (Wildman–Crippen LogP) is -3.35. The first kappa shape index (κ1) is 15.3. The van der Waals surface area contributed by atoms with Crippen LogP contribution in [0.1, 0.15) is 24.8 Å². The van der Waals surface area contributed by atoms with E-state index in [0.717, 1.165) is 13.0 Å². The summed E-state index contributed by atoms with van der Waals surface area (Å²) < 4.78 is 5.54. The zero-order valence-corrected chi connectivity index (χ0v) is 12.0. The second kappa shape index (κ2) is 6.96. The van der Waals surface area contributed by atoms with Gasteiger partial charge in [-0.1, -0.05) is 11.8 Å². The Bertz CT molecular complexity index is 393. The molecule has 1 aliphatic heterocycles. The second-order valence-corrected chi connectivity index (χ2v) is 5.18. The molecule has 1 atom stereocenters. The minimum Gasteiger partial charge on any atom is -1.00 e. The molecule has 0 radical (unpaired) electrons. The lowest BCUT2D eigenvalue weighted by Crippen LogP contribution is -3.00. The van der Waals surface area contributed by atoms with E-state index in [1.165, 1.54) is 18.2 Å². The topological polar surface area (TPSA) is 75.8 Å². The van der Waals surface area contributed by atoms with Crippen LogP contribution in [0.15, 0.2) is 9.64 Å². The molecule has 2 heterocycles. The molecule has 0 spiro atoms. The number of carbonyl (C=O) groups is 1. The molecule has 8 heteroatoms. The predicted molar refractivity (Wildman–Crippen MR) is 62.5 cm³/mol. The summed E-state index contributed by atoms with van der Waals surface area (Å²) in [5, 5.41) is 10.7.